The molecule has 2 atom stereocenters. The van der Waals surface area contributed by atoms with Crippen molar-refractivity contribution in [3.05, 3.63) is 22.6 Å². The number of halogens is 1. The van der Waals surface area contributed by atoms with Crippen LogP contribution in [0.5, 0.6) is 0 Å². The van der Waals surface area contributed by atoms with Gasteiger partial charge in [0.05, 0.1) is 16.8 Å². The van der Waals surface area contributed by atoms with E-state index in [1.54, 1.807) is 6.26 Å². The van der Waals surface area contributed by atoms with E-state index in [4.69, 9.17) is 4.42 Å². The summed E-state index contributed by atoms with van der Waals surface area (Å²) in [7, 11) is 2.20. The Kier molecular flexibility index (Phi) is 4.97. The van der Waals surface area contributed by atoms with Crippen LogP contribution >= 0.6 is 27.7 Å². The summed E-state index contributed by atoms with van der Waals surface area (Å²) in [6.45, 7) is 4.24. The van der Waals surface area contributed by atoms with Crippen molar-refractivity contribution in [3.8, 4) is 0 Å². The van der Waals surface area contributed by atoms with Crippen molar-refractivity contribution >= 4 is 27.7 Å². The molecule has 5 heteroatoms. The molecule has 1 aliphatic rings. The van der Waals surface area contributed by atoms with E-state index in [1.165, 1.54) is 5.75 Å². The van der Waals surface area contributed by atoms with Crippen molar-refractivity contribution in [2.75, 3.05) is 31.6 Å². The third-order valence-corrected chi connectivity index (χ3v) is 4.88. The van der Waals surface area contributed by atoms with Crippen LogP contribution in [-0.2, 0) is 0 Å². The maximum absolute atomic E-state index is 5.64. The molecular formula is C12H19BrN2OS. The minimum absolute atomic E-state index is 0.266. The van der Waals surface area contributed by atoms with Crippen molar-refractivity contribution in [2.45, 2.75) is 19.0 Å². The Balaban J connectivity index is 2.19. The zero-order valence-electron chi connectivity index (χ0n) is 10.3. The molecule has 0 spiro atoms. The molecule has 0 saturated carbocycles. The minimum Gasteiger partial charge on any atom is -0.466 e. The highest BCUT2D eigenvalue weighted by molar-refractivity contribution is 9.10. The lowest BCUT2D eigenvalue weighted by atomic mass is 10.1. The zero-order chi connectivity index (χ0) is 12.3. The standard InChI is InChI=1S/C12H19BrN2OS/c1-3-14-11(12-9(13)4-6-16-12)10-8-17-7-5-15(10)2/h4,6,10-11,14H,3,5,7-8H2,1-2H3. The quantitative estimate of drug-likeness (QED) is 0.924. The van der Waals surface area contributed by atoms with Gasteiger partial charge in [0, 0.05) is 24.1 Å². The van der Waals surface area contributed by atoms with E-state index in [-0.39, 0.29) is 6.04 Å². The van der Waals surface area contributed by atoms with Crippen molar-refractivity contribution in [2.24, 2.45) is 0 Å². The first-order valence-electron chi connectivity index (χ1n) is 5.98. The Hall–Kier alpha value is 0.0300. The van der Waals surface area contributed by atoms with E-state index in [1.807, 2.05) is 17.8 Å². The van der Waals surface area contributed by atoms with Gasteiger partial charge in [0.25, 0.3) is 0 Å². The molecule has 1 N–H and O–H groups in total. The Morgan fingerprint density at radius 2 is 2.53 bits per heavy atom. The summed E-state index contributed by atoms with van der Waals surface area (Å²) >= 11 is 5.59. The van der Waals surface area contributed by atoms with Crippen LogP contribution in [0.3, 0.4) is 0 Å². The predicted octanol–water partition coefficient (Wildman–Crippen LogP) is 2.74. The number of furan rings is 1. The van der Waals surface area contributed by atoms with E-state index in [9.17, 15) is 0 Å². The van der Waals surface area contributed by atoms with Crippen LogP contribution in [0.2, 0.25) is 0 Å². The van der Waals surface area contributed by atoms with Gasteiger partial charge in [-0.05, 0) is 35.6 Å². The van der Waals surface area contributed by atoms with Gasteiger partial charge >= 0.3 is 0 Å². The Morgan fingerprint density at radius 1 is 1.71 bits per heavy atom. The number of hydrogen-bond donors (Lipinski definition) is 1. The number of rotatable bonds is 4. The molecule has 0 amide bonds. The normalized spacial score (nSPS) is 23.8. The maximum atomic E-state index is 5.64. The van der Waals surface area contributed by atoms with Gasteiger partial charge in [0.15, 0.2) is 0 Å². The van der Waals surface area contributed by atoms with Crippen LogP contribution in [0.1, 0.15) is 18.7 Å². The average molecular weight is 319 g/mol. The highest BCUT2D eigenvalue weighted by Crippen LogP contribution is 2.31. The van der Waals surface area contributed by atoms with Crippen LogP contribution in [0.15, 0.2) is 21.2 Å². The van der Waals surface area contributed by atoms with Crippen molar-refractivity contribution in [3.63, 3.8) is 0 Å². The number of hydrogen-bond acceptors (Lipinski definition) is 4. The molecule has 96 valence electrons. The predicted molar refractivity (Wildman–Crippen MR) is 76.6 cm³/mol. The fourth-order valence-electron chi connectivity index (χ4n) is 2.21. The van der Waals surface area contributed by atoms with Gasteiger partial charge in [-0.1, -0.05) is 6.92 Å². The summed E-state index contributed by atoms with van der Waals surface area (Å²) in [4.78, 5) is 2.43. The maximum Gasteiger partial charge on any atom is 0.136 e. The molecule has 0 aliphatic carbocycles. The molecule has 1 saturated heterocycles. The molecule has 1 aromatic rings. The van der Waals surface area contributed by atoms with Gasteiger partial charge in [-0.3, -0.25) is 4.90 Å². The molecule has 0 aromatic carbocycles. The van der Waals surface area contributed by atoms with Crippen molar-refractivity contribution in [1.29, 1.82) is 0 Å². The Bertz CT molecular complexity index is 358. The largest absolute Gasteiger partial charge is 0.466 e. The molecule has 0 bridgehead atoms. The van der Waals surface area contributed by atoms with E-state index in [0.717, 1.165) is 29.1 Å². The van der Waals surface area contributed by atoms with Gasteiger partial charge in [0.2, 0.25) is 0 Å². The second-order valence-electron chi connectivity index (χ2n) is 4.29. The Morgan fingerprint density at radius 3 is 3.12 bits per heavy atom. The van der Waals surface area contributed by atoms with Crippen LogP contribution < -0.4 is 5.32 Å². The fraction of sp³-hybridized carbons (Fsp3) is 0.667. The molecule has 17 heavy (non-hydrogen) atoms. The third kappa shape index (κ3) is 3.08. The second-order valence-corrected chi connectivity index (χ2v) is 6.30. The zero-order valence-corrected chi connectivity index (χ0v) is 12.7. The van der Waals surface area contributed by atoms with Crippen LogP contribution in [0, 0.1) is 0 Å². The first-order chi connectivity index (χ1) is 8.24. The monoisotopic (exact) mass is 318 g/mol. The summed E-state index contributed by atoms with van der Waals surface area (Å²) in [6, 6.07) is 2.73. The summed E-state index contributed by atoms with van der Waals surface area (Å²) in [5, 5.41) is 3.55. The number of thioether (sulfide) groups is 1. The van der Waals surface area contributed by atoms with E-state index >= 15 is 0 Å². The molecule has 1 aliphatic heterocycles. The lowest BCUT2D eigenvalue weighted by Crippen LogP contribution is -2.47. The summed E-state index contributed by atoms with van der Waals surface area (Å²) in [6.07, 6.45) is 1.75. The third-order valence-electron chi connectivity index (χ3n) is 3.18. The molecule has 2 heterocycles. The van der Waals surface area contributed by atoms with Gasteiger partial charge in [0.1, 0.15) is 5.76 Å². The number of nitrogens with zero attached hydrogens (tertiary/aromatic N) is 1. The van der Waals surface area contributed by atoms with Crippen LogP contribution in [-0.4, -0.2) is 42.6 Å². The summed E-state index contributed by atoms with van der Waals surface area (Å²) in [5.41, 5.74) is 0. The fourth-order valence-corrected chi connectivity index (χ4v) is 3.93. The van der Waals surface area contributed by atoms with Gasteiger partial charge in [-0.15, -0.1) is 0 Å². The van der Waals surface area contributed by atoms with Gasteiger partial charge in [-0.25, -0.2) is 0 Å². The molecule has 0 radical (unpaired) electrons. The smallest absolute Gasteiger partial charge is 0.136 e. The van der Waals surface area contributed by atoms with Crippen LogP contribution in [0.4, 0.5) is 0 Å². The molecule has 2 unspecified atom stereocenters. The van der Waals surface area contributed by atoms with Gasteiger partial charge < -0.3 is 9.73 Å². The number of nitrogens with one attached hydrogen (secondary N) is 1. The highest BCUT2D eigenvalue weighted by Gasteiger charge is 2.31. The lowest BCUT2D eigenvalue weighted by molar-refractivity contribution is 0.200. The van der Waals surface area contributed by atoms with E-state index in [0.29, 0.717) is 6.04 Å². The summed E-state index contributed by atoms with van der Waals surface area (Å²) < 4.78 is 6.70. The lowest BCUT2D eigenvalue weighted by Gasteiger charge is -2.37. The molecule has 2 rings (SSSR count). The summed E-state index contributed by atoms with van der Waals surface area (Å²) in [5.74, 6) is 3.40. The van der Waals surface area contributed by atoms with E-state index < -0.39 is 0 Å². The minimum atomic E-state index is 0.266. The second kappa shape index (κ2) is 6.27. The van der Waals surface area contributed by atoms with Crippen molar-refractivity contribution in [1.82, 2.24) is 10.2 Å². The molecule has 1 fully saturated rings. The molecule has 1 aromatic heterocycles. The Labute approximate surface area is 115 Å². The van der Waals surface area contributed by atoms with E-state index in [2.05, 4.69) is 40.1 Å². The topological polar surface area (TPSA) is 28.4 Å². The SMILES string of the molecule is CCNC(c1occc1Br)C1CSCCN1C. The molecule has 3 nitrogen and oxygen atoms in total. The molecular weight excluding hydrogens is 300 g/mol. The first kappa shape index (κ1) is 13.5. The average Bonchev–Trinajstić information content (AvgIpc) is 2.74. The first-order valence-corrected chi connectivity index (χ1v) is 7.93. The number of likely N-dealkylation sites (N-methyl/N-ethyl adjacent to an activating group) is 2. The van der Waals surface area contributed by atoms with Crippen LogP contribution in [0.25, 0.3) is 0 Å². The highest BCUT2D eigenvalue weighted by atomic mass is 79.9. The van der Waals surface area contributed by atoms with Gasteiger partial charge in [-0.2, -0.15) is 11.8 Å². The van der Waals surface area contributed by atoms with Crippen molar-refractivity contribution < 1.29 is 4.42 Å².